The van der Waals surface area contributed by atoms with Gasteiger partial charge in [0.2, 0.25) is 0 Å². The summed E-state index contributed by atoms with van der Waals surface area (Å²) >= 11 is 5.92. The van der Waals surface area contributed by atoms with Gasteiger partial charge in [0.05, 0.1) is 35.3 Å². The van der Waals surface area contributed by atoms with Crippen LogP contribution < -0.4 is 9.46 Å². The molecule has 2 N–H and O–H groups in total. The number of carbonyl (C=O) groups excluding carboxylic acids is 1. The number of hydrogen-bond acceptors (Lipinski definition) is 7. The molecule has 0 fully saturated rings. The van der Waals surface area contributed by atoms with Crippen molar-refractivity contribution in [3.05, 3.63) is 53.1 Å². The van der Waals surface area contributed by atoms with Crippen LogP contribution in [-0.2, 0) is 14.8 Å². The van der Waals surface area contributed by atoms with Crippen LogP contribution in [0.15, 0.2) is 47.4 Å². The summed E-state index contributed by atoms with van der Waals surface area (Å²) < 4.78 is 41.1. The number of anilines is 1. The molecule has 2 aromatic rings. The molecule has 1 heterocycles. The number of sulfonamides is 1. The highest BCUT2D eigenvalue weighted by Crippen LogP contribution is 2.29. The van der Waals surface area contributed by atoms with Gasteiger partial charge in [0, 0.05) is 36.3 Å². The Kier molecular flexibility index (Phi) is 11.7. The molecular weight excluding hydrogens is 554 g/mol. The van der Waals surface area contributed by atoms with Gasteiger partial charge in [0.1, 0.15) is 5.75 Å². The van der Waals surface area contributed by atoms with Crippen LogP contribution in [0.4, 0.5) is 5.69 Å². The van der Waals surface area contributed by atoms with Crippen molar-refractivity contribution < 1.29 is 27.8 Å². The topological polar surface area (TPSA) is 108 Å². The number of nitrogens with zero attached hydrogens (tertiary/aromatic N) is 2. The van der Waals surface area contributed by atoms with E-state index in [1.165, 1.54) is 30.3 Å². The number of aliphatic hydroxyl groups is 1. The van der Waals surface area contributed by atoms with Crippen LogP contribution >= 0.6 is 11.6 Å². The molecule has 40 heavy (non-hydrogen) atoms. The number of likely N-dealkylation sites (N-methyl/N-ethyl adjacent to an activating group) is 1. The molecule has 11 heteroatoms. The van der Waals surface area contributed by atoms with E-state index in [1.54, 1.807) is 24.0 Å². The highest BCUT2D eigenvalue weighted by molar-refractivity contribution is 7.92. The Balaban J connectivity index is 2.02. The van der Waals surface area contributed by atoms with Crippen LogP contribution in [0, 0.1) is 5.92 Å². The Labute approximate surface area is 243 Å². The number of amides is 1. The van der Waals surface area contributed by atoms with E-state index >= 15 is 0 Å². The number of aliphatic hydroxyl groups excluding tert-OH is 1. The van der Waals surface area contributed by atoms with E-state index < -0.39 is 16.1 Å². The maximum Gasteiger partial charge on any atom is 0.261 e. The second-order valence-electron chi connectivity index (χ2n) is 10.8. The maximum atomic E-state index is 14.1. The van der Waals surface area contributed by atoms with Gasteiger partial charge in [-0.25, -0.2) is 8.42 Å². The minimum Gasteiger partial charge on any atom is -0.490 e. The Morgan fingerprint density at radius 3 is 2.50 bits per heavy atom. The molecule has 0 saturated heterocycles. The van der Waals surface area contributed by atoms with Crippen molar-refractivity contribution >= 4 is 33.2 Å². The molecule has 4 atom stereocenters. The third-order valence-electron chi connectivity index (χ3n) is 6.97. The minimum atomic E-state index is -3.93. The first-order chi connectivity index (χ1) is 18.9. The van der Waals surface area contributed by atoms with Gasteiger partial charge in [0.25, 0.3) is 15.9 Å². The first kappa shape index (κ1) is 32.1. The summed E-state index contributed by atoms with van der Waals surface area (Å²) in [4.78, 5) is 17.8. The van der Waals surface area contributed by atoms with Gasteiger partial charge in [-0.2, -0.15) is 0 Å². The van der Waals surface area contributed by atoms with Gasteiger partial charge < -0.3 is 24.4 Å². The lowest BCUT2D eigenvalue weighted by Gasteiger charge is -2.35. The van der Waals surface area contributed by atoms with Crippen LogP contribution in [0.1, 0.15) is 50.4 Å². The summed E-state index contributed by atoms with van der Waals surface area (Å²) in [5.74, 6) is -0.0186. The zero-order valence-corrected chi connectivity index (χ0v) is 25.5. The molecule has 222 valence electrons. The van der Waals surface area contributed by atoms with Crippen molar-refractivity contribution in [1.29, 1.82) is 0 Å². The van der Waals surface area contributed by atoms with Crippen LogP contribution in [0.3, 0.4) is 0 Å². The van der Waals surface area contributed by atoms with Gasteiger partial charge in [-0.1, -0.05) is 18.5 Å². The van der Waals surface area contributed by atoms with Gasteiger partial charge >= 0.3 is 0 Å². The molecule has 9 nitrogen and oxygen atoms in total. The average Bonchev–Trinajstić information content (AvgIpc) is 2.90. The number of hydrogen-bond donors (Lipinski definition) is 2. The smallest absolute Gasteiger partial charge is 0.261 e. The summed E-state index contributed by atoms with van der Waals surface area (Å²) in [7, 11) is 0.0459. The highest BCUT2D eigenvalue weighted by Gasteiger charge is 2.30. The SMILES string of the molecule is C[C@@H]1CCCCO[C@@H](CN(C)C)[C@@H](C)CN([C@@H](C)CO)C(=O)c2cc(NS(=O)(=O)c3ccc(Cl)cc3)ccc2O1. The van der Waals surface area contributed by atoms with Crippen LogP contribution in [-0.4, -0.2) is 87.9 Å². The normalized spacial score (nSPS) is 22.2. The number of rotatable bonds is 7. The van der Waals surface area contributed by atoms with Gasteiger partial charge in [0.15, 0.2) is 0 Å². The number of nitrogens with one attached hydrogen (secondary N) is 1. The van der Waals surface area contributed by atoms with E-state index in [0.717, 1.165) is 19.3 Å². The second-order valence-corrected chi connectivity index (χ2v) is 13.0. The lowest BCUT2D eigenvalue weighted by atomic mass is 10.0. The van der Waals surface area contributed by atoms with E-state index in [-0.39, 0.29) is 46.8 Å². The van der Waals surface area contributed by atoms with Gasteiger partial charge in [-0.15, -0.1) is 0 Å². The third-order valence-corrected chi connectivity index (χ3v) is 8.62. The van der Waals surface area contributed by atoms with Crippen molar-refractivity contribution in [1.82, 2.24) is 9.80 Å². The fourth-order valence-corrected chi connectivity index (χ4v) is 5.81. The number of fused-ring (bicyclic) bond motifs is 1. The maximum absolute atomic E-state index is 14.1. The summed E-state index contributed by atoms with van der Waals surface area (Å²) in [5, 5.41) is 10.5. The number of ether oxygens (including phenoxy) is 2. The van der Waals surface area contributed by atoms with Crippen LogP contribution in [0.25, 0.3) is 0 Å². The second kappa shape index (κ2) is 14.5. The van der Waals surface area contributed by atoms with Crippen molar-refractivity contribution in [2.45, 2.75) is 63.2 Å². The summed E-state index contributed by atoms with van der Waals surface area (Å²) in [6.07, 6.45) is 2.28. The standard InChI is InChI=1S/C29H42ClN3O6S/c1-20-17-33(21(2)19-34)29(35)26-16-24(31-40(36,37)25-12-9-23(30)10-13-25)11-14-27(26)39-22(3)8-6-7-15-38-28(20)18-32(4)5/h9-14,16,20-22,28,31,34H,6-8,15,17-19H2,1-5H3/t20-,21-,22+,28-/m0/s1. The molecule has 1 aliphatic rings. The lowest BCUT2D eigenvalue weighted by molar-refractivity contribution is -0.0137. The van der Waals surface area contributed by atoms with Crippen molar-refractivity contribution in [3.8, 4) is 5.75 Å². The van der Waals surface area contributed by atoms with Gasteiger partial charge in [-0.05, 0) is 89.7 Å². The summed E-state index contributed by atoms with van der Waals surface area (Å²) in [6.45, 7) is 7.20. The number of benzene rings is 2. The zero-order valence-electron chi connectivity index (χ0n) is 24.0. The van der Waals surface area contributed by atoms with E-state index in [1.807, 2.05) is 27.9 Å². The zero-order chi connectivity index (χ0) is 29.4. The Hall–Kier alpha value is -2.37. The highest BCUT2D eigenvalue weighted by atomic mass is 35.5. The minimum absolute atomic E-state index is 0.0295. The van der Waals surface area contributed by atoms with Crippen molar-refractivity contribution in [3.63, 3.8) is 0 Å². The van der Waals surface area contributed by atoms with Gasteiger partial charge in [-0.3, -0.25) is 9.52 Å². The number of halogens is 1. The molecule has 2 aromatic carbocycles. The molecule has 0 aromatic heterocycles. The molecule has 0 unspecified atom stereocenters. The average molecular weight is 596 g/mol. The van der Waals surface area contributed by atoms with E-state index in [4.69, 9.17) is 21.1 Å². The monoisotopic (exact) mass is 595 g/mol. The molecular formula is C29H42ClN3O6S. The molecule has 0 radical (unpaired) electrons. The van der Waals surface area contributed by atoms with E-state index in [0.29, 0.717) is 30.5 Å². The molecule has 1 amide bonds. The Bertz CT molecular complexity index is 1220. The first-order valence-electron chi connectivity index (χ1n) is 13.7. The third kappa shape index (κ3) is 8.81. The fraction of sp³-hybridized carbons (Fsp3) is 0.552. The molecule has 0 aliphatic carbocycles. The Morgan fingerprint density at radius 2 is 1.85 bits per heavy atom. The summed E-state index contributed by atoms with van der Waals surface area (Å²) in [5.41, 5.74) is 0.440. The molecule has 1 aliphatic heterocycles. The van der Waals surface area contributed by atoms with E-state index in [9.17, 15) is 18.3 Å². The number of carbonyl (C=O) groups is 1. The molecule has 0 spiro atoms. The fourth-order valence-electron chi connectivity index (χ4n) is 4.64. The molecule has 3 rings (SSSR count). The van der Waals surface area contributed by atoms with Crippen LogP contribution in [0.2, 0.25) is 5.02 Å². The van der Waals surface area contributed by atoms with Crippen molar-refractivity contribution in [2.24, 2.45) is 5.92 Å². The first-order valence-corrected chi connectivity index (χ1v) is 15.5. The lowest BCUT2D eigenvalue weighted by Crippen LogP contribution is -2.47. The summed E-state index contributed by atoms with van der Waals surface area (Å²) in [6, 6.07) is 10.1. The quantitative estimate of drug-likeness (QED) is 0.485. The molecule has 0 saturated carbocycles. The van der Waals surface area contributed by atoms with Crippen molar-refractivity contribution in [2.75, 3.05) is 45.1 Å². The molecule has 0 bridgehead atoms. The largest absolute Gasteiger partial charge is 0.490 e. The van der Waals surface area contributed by atoms with E-state index in [2.05, 4.69) is 9.62 Å². The predicted molar refractivity (Wildman–Crippen MR) is 158 cm³/mol. The van der Waals surface area contributed by atoms with Crippen LogP contribution in [0.5, 0.6) is 5.75 Å². The predicted octanol–water partition coefficient (Wildman–Crippen LogP) is 4.50. The Morgan fingerprint density at radius 1 is 1.15 bits per heavy atom.